The third-order valence-electron chi connectivity index (χ3n) is 0.180. The molecule has 0 aliphatic heterocycles. The molecule has 5 heteroatoms. The van der Waals surface area contributed by atoms with Crippen molar-refractivity contribution in [3.8, 4) is 0 Å². The van der Waals surface area contributed by atoms with Crippen LogP contribution in [-0.4, -0.2) is 6.16 Å². The normalized spacial score (nSPS) is 7.17. The predicted molar refractivity (Wildman–Crippen MR) is 11.8 cm³/mol. The molecule has 0 spiro atoms. The van der Waals surface area contributed by atoms with Gasteiger partial charge in [-0.15, -0.1) is 0 Å². The predicted octanol–water partition coefficient (Wildman–Crippen LogP) is -0.522. The van der Waals surface area contributed by atoms with E-state index in [9.17, 15) is 4.79 Å². The quantitative estimate of drug-likeness (QED) is 0.611. The molecule has 0 aromatic heterocycles. The van der Waals surface area contributed by atoms with E-state index in [1.54, 1.807) is 0 Å². The Labute approximate surface area is 53.9 Å². The van der Waals surface area contributed by atoms with Gasteiger partial charge in [-0.1, -0.05) is 0 Å². The number of hydrogen-bond acceptors (Lipinski definition) is 4. The molecule has 2 N–H and O–H groups in total. The van der Waals surface area contributed by atoms with Crippen LogP contribution in [0.2, 0.25) is 0 Å². The van der Waals surface area contributed by atoms with E-state index in [1.807, 2.05) is 0 Å². The molecule has 0 aromatic carbocycles. The first-order chi connectivity index (χ1) is 2.81. The van der Waals surface area contributed by atoms with E-state index >= 15 is 0 Å². The fourth-order valence-electron chi connectivity index (χ4n) is 0.0241. The van der Waals surface area contributed by atoms with Crippen molar-refractivity contribution in [2.75, 3.05) is 0 Å². The molecule has 0 aliphatic rings. The Morgan fingerprint density at radius 1 is 1.83 bits per heavy atom. The summed E-state index contributed by atoms with van der Waals surface area (Å²) in [6.07, 6.45) is -0.805. The van der Waals surface area contributed by atoms with E-state index in [2.05, 4.69) is 13.0 Å². The molecule has 4 nitrogen and oxygen atoms in total. The fraction of sp³-hybridized carbons (Fsp3) is 0. The summed E-state index contributed by atoms with van der Waals surface area (Å²) >= 11 is 0.148. The minimum absolute atomic E-state index is 0.148. The maximum atomic E-state index is 9.65. The van der Waals surface area contributed by atoms with Gasteiger partial charge in [-0.25, -0.2) is 0 Å². The second-order valence-electron chi connectivity index (χ2n) is 0.470. The molecule has 0 saturated heterocycles. The van der Waals surface area contributed by atoms with E-state index in [4.69, 9.17) is 0 Å². The number of hydrogen-bond donors (Lipinski definition) is 1. The summed E-state index contributed by atoms with van der Waals surface area (Å²) < 4.78 is 4.08. The molecule has 33 valence electrons. The summed E-state index contributed by atoms with van der Waals surface area (Å²) in [7, 11) is 0. The fourth-order valence-corrected chi connectivity index (χ4v) is 0.224. The first-order valence-corrected chi connectivity index (χ1v) is 2.75. The van der Waals surface area contributed by atoms with E-state index in [0.717, 1.165) is 0 Å². The molecule has 0 amide bonds. The SMILES string of the molecule is NOC(=O)[O][U]. The van der Waals surface area contributed by atoms with Gasteiger partial charge in [0.2, 0.25) is 0 Å². The summed E-state index contributed by atoms with van der Waals surface area (Å²) in [5, 5.41) is 0. The van der Waals surface area contributed by atoms with Crippen molar-refractivity contribution in [1.82, 2.24) is 0 Å². The van der Waals surface area contributed by atoms with Gasteiger partial charge >= 0.3 is 53.8 Å². The zero-order chi connectivity index (χ0) is 4.99. The van der Waals surface area contributed by atoms with E-state index in [-0.39, 0.29) is 29.9 Å². The van der Waals surface area contributed by atoms with Crippen LogP contribution in [0.1, 0.15) is 0 Å². The zero-order valence-electron chi connectivity index (χ0n) is 2.80. The Hall–Kier alpha value is 0.282. The Bertz CT molecular complexity index is 48.8. The van der Waals surface area contributed by atoms with Crippen LogP contribution in [-0.2, 0) is 7.08 Å². The van der Waals surface area contributed by atoms with Crippen molar-refractivity contribution in [2.24, 2.45) is 5.90 Å². The second-order valence-corrected chi connectivity index (χ2v) is 1.32. The molecule has 0 bridgehead atoms. The zero-order valence-corrected chi connectivity index (χ0v) is 6.97. The Morgan fingerprint density at radius 2 is 2.33 bits per heavy atom. The molecular weight excluding hydrogens is 312 g/mol. The number of carbonyl (C=O) groups is 1. The molecule has 0 atom stereocenters. The van der Waals surface area contributed by atoms with Crippen molar-refractivity contribution in [3.63, 3.8) is 0 Å². The average Bonchev–Trinajstić information content (AvgIpc) is 1.65. The molecule has 0 heterocycles. The van der Waals surface area contributed by atoms with Crippen LogP contribution in [0.3, 0.4) is 0 Å². The van der Waals surface area contributed by atoms with Crippen LogP contribution in [0.5, 0.6) is 0 Å². The van der Waals surface area contributed by atoms with Gasteiger partial charge in [0, 0.05) is 0 Å². The van der Waals surface area contributed by atoms with Crippen molar-refractivity contribution < 1.29 is 41.8 Å². The third-order valence-corrected chi connectivity index (χ3v) is 0.874. The van der Waals surface area contributed by atoms with Crippen LogP contribution >= 0.6 is 0 Å². The monoisotopic (exact) mass is 314 g/mol. The van der Waals surface area contributed by atoms with Gasteiger partial charge in [0.05, 0.1) is 0 Å². The van der Waals surface area contributed by atoms with Gasteiger partial charge in [-0.05, 0) is 0 Å². The van der Waals surface area contributed by atoms with Crippen molar-refractivity contribution in [2.45, 2.75) is 0 Å². The van der Waals surface area contributed by atoms with Gasteiger partial charge < -0.3 is 0 Å². The molecule has 0 fully saturated rings. The summed E-state index contributed by atoms with van der Waals surface area (Å²) in [6, 6.07) is 0. The molecular formula is CH2NO3U. The van der Waals surface area contributed by atoms with Gasteiger partial charge in [0.25, 0.3) is 0 Å². The molecule has 0 aromatic rings. The summed E-state index contributed by atoms with van der Waals surface area (Å²) in [5.41, 5.74) is 0. The first kappa shape index (κ1) is 6.28. The molecule has 0 aliphatic carbocycles. The number of nitrogens with two attached hydrogens (primary N) is 1. The van der Waals surface area contributed by atoms with E-state index < -0.39 is 6.16 Å². The second kappa shape index (κ2) is 3.47. The van der Waals surface area contributed by atoms with Crippen molar-refractivity contribution in [3.05, 3.63) is 0 Å². The average molecular weight is 314 g/mol. The van der Waals surface area contributed by atoms with Crippen LogP contribution in [0.25, 0.3) is 0 Å². The van der Waals surface area contributed by atoms with E-state index in [1.165, 1.54) is 0 Å². The summed E-state index contributed by atoms with van der Waals surface area (Å²) in [5.74, 6) is 4.33. The van der Waals surface area contributed by atoms with Gasteiger partial charge in [0.15, 0.2) is 0 Å². The summed E-state index contributed by atoms with van der Waals surface area (Å²) in [6.45, 7) is 0. The van der Waals surface area contributed by atoms with E-state index in [0.29, 0.717) is 0 Å². The third kappa shape index (κ3) is 2.52. The topological polar surface area (TPSA) is 61.5 Å². The van der Waals surface area contributed by atoms with Gasteiger partial charge in [-0.3, -0.25) is 0 Å². The van der Waals surface area contributed by atoms with Crippen molar-refractivity contribution >= 4 is 6.16 Å². The van der Waals surface area contributed by atoms with Crippen LogP contribution < -0.4 is 5.90 Å². The van der Waals surface area contributed by atoms with Crippen LogP contribution in [0, 0.1) is 29.9 Å². The van der Waals surface area contributed by atoms with Crippen LogP contribution in [0.15, 0.2) is 0 Å². The van der Waals surface area contributed by atoms with Crippen molar-refractivity contribution in [1.29, 1.82) is 0 Å². The molecule has 0 rings (SSSR count). The van der Waals surface area contributed by atoms with Gasteiger partial charge in [0.1, 0.15) is 0 Å². The van der Waals surface area contributed by atoms with Crippen LogP contribution in [0.4, 0.5) is 4.79 Å². The summed E-state index contributed by atoms with van der Waals surface area (Å²) in [4.78, 5) is 13.2. The Balaban J connectivity index is 2.99. The Kier molecular flexibility index (Phi) is 3.63. The first-order valence-electron chi connectivity index (χ1n) is 1.05. The molecule has 0 radical (unpaired) electrons. The standard InChI is InChI=1S/CH3NO3.U/c2-5-1(3)4;/h2H2,(H,3,4);/q;+1/p-1. The van der Waals surface area contributed by atoms with Gasteiger partial charge in [-0.2, -0.15) is 0 Å². The molecule has 0 saturated carbocycles. The molecule has 0 unspecified atom stereocenters. The molecule has 6 heavy (non-hydrogen) atoms. The number of rotatable bonds is 0. The maximum absolute atomic E-state index is 9.65. The Morgan fingerprint density at radius 3 is 2.33 bits per heavy atom. The minimum atomic E-state index is -0.805. The number of carbonyl (C=O) groups excluding carboxylic acids is 1.